The Balaban J connectivity index is 1.53. The zero-order valence-corrected chi connectivity index (χ0v) is 21.5. The van der Waals surface area contributed by atoms with Gasteiger partial charge in [-0.1, -0.05) is 56.3 Å². The van der Waals surface area contributed by atoms with Gasteiger partial charge in [-0.05, 0) is 36.1 Å². The van der Waals surface area contributed by atoms with Crippen molar-refractivity contribution in [3.63, 3.8) is 0 Å². The zero-order valence-electron chi connectivity index (χ0n) is 21.5. The molecule has 1 aliphatic heterocycles. The number of benzene rings is 2. The molecule has 1 heterocycles. The van der Waals surface area contributed by atoms with Gasteiger partial charge in [0.25, 0.3) is 0 Å². The van der Waals surface area contributed by atoms with Crippen molar-refractivity contribution in [3.8, 4) is 5.75 Å². The molecule has 0 spiro atoms. The second-order valence-corrected chi connectivity index (χ2v) is 9.23. The summed E-state index contributed by atoms with van der Waals surface area (Å²) in [7, 11) is 3.21. The number of carbonyl (C=O) groups excluding carboxylic acids is 2. The normalized spacial score (nSPS) is 18.9. The maximum atomic E-state index is 13.3. The predicted octanol–water partition coefficient (Wildman–Crippen LogP) is 3.84. The number of carbonyl (C=O) groups is 2. The van der Waals surface area contributed by atoms with Crippen LogP contribution in [-0.4, -0.2) is 67.7 Å². The molecule has 0 unspecified atom stereocenters. The fraction of sp³-hybridized carbons (Fsp3) is 0.500. The maximum absolute atomic E-state index is 13.3. The number of methoxy groups -OCH3 is 2. The number of aliphatic hydroxyl groups is 1. The predicted molar refractivity (Wildman–Crippen MR) is 135 cm³/mol. The number of imide groups is 1. The van der Waals surface area contributed by atoms with Gasteiger partial charge in [-0.2, -0.15) is 0 Å². The lowest BCUT2D eigenvalue weighted by molar-refractivity contribution is -0.139. The van der Waals surface area contributed by atoms with Crippen molar-refractivity contribution < 1.29 is 33.6 Å². The van der Waals surface area contributed by atoms with Crippen LogP contribution in [0, 0.1) is 11.8 Å². The Morgan fingerprint density at radius 3 is 2.42 bits per heavy atom. The Morgan fingerprint density at radius 2 is 1.78 bits per heavy atom. The van der Waals surface area contributed by atoms with E-state index in [4.69, 9.17) is 18.9 Å². The third-order valence-corrected chi connectivity index (χ3v) is 6.82. The van der Waals surface area contributed by atoms with Gasteiger partial charge in [-0.25, -0.2) is 9.69 Å². The lowest BCUT2D eigenvalue weighted by Gasteiger charge is -2.32. The van der Waals surface area contributed by atoms with Crippen molar-refractivity contribution in [1.82, 2.24) is 4.90 Å². The van der Waals surface area contributed by atoms with Crippen LogP contribution in [0.15, 0.2) is 54.6 Å². The first-order valence-corrected chi connectivity index (χ1v) is 12.3. The molecular weight excluding hydrogens is 462 g/mol. The highest BCUT2D eigenvalue weighted by Gasteiger charge is 2.42. The SMILES string of the molecule is COc1ccc(COCC[C@@H](OC)[C@@H](C)[C@@H](O)[C@H](C)C(=O)N2C(=O)OC[C@@H]2Cc2ccccc2)cc1. The number of amides is 2. The third-order valence-electron chi connectivity index (χ3n) is 6.82. The van der Waals surface area contributed by atoms with Crippen LogP contribution >= 0.6 is 0 Å². The lowest BCUT2D eigenvalue weighted by atomic mass is 9.87. The molecule has 0 aromatic heterocycles. The Labute approximate surface area is 213 Å². The smallest absolute Gasteiger partial charge is 0.416 e. The minimum atomic E-state index is -1.00. The molecule has 2 aromatic rings. The standard InChI is InChI=1S/C28H37NO7/c1-19(25(34-4)14-15-35-17-22-10-12-24(33-3)13-11-22)26(30)20(2)27(31)29-23(18-36-28(29)32)16-21-8-6-5-7-9-21/h5-13,19-20,23,25-26,30H,14-18H2,1-4H3/t19-,20+,23+,25-,26-/m1/s1. The van der Waals surface area contributed by atoms with Crippen LogP contribution in [0.3, 0.4) is 0 Å². The number of nitrogens with zero attached hydrogens (tertiary/aromatic N) is 1. The molecule has 2 aromatic carbocycles. The molecule has 5 atom stereocenters. The van der Waals surface area contributed by atoms with E-state index >= 15 is 0 Å². The van der Waals surface area contributed by atoms with Crippen LogP contribution in [0.4, 0.5) is 4.79 Å². The van der Waals surface area contributed by atoms with Crippen molar-refractivity contribution in [2.24, 2.45) is 11.8 Å². The first-order valence-electron chi connectivity index (χ1n) is 12.3. The van der Waals surface area contributed by atoms with E-state index in [1.807, 2.05) is 61.5 Å². The monoisotopic (exact) mass is 499 g/mol. The topological polar surface area (TPSA) is 94.5 Å². The number of rotatable bonds is 13. The molecule has 1 aliphatic rings. The van der Waals surface area contributed by atoms with Crippen LogP contribution in [0.2, 0.25) is 0 Å². The summed E-state index contributed by atoms with van der Waals surface area (Å²) in [4.78, 5) is 26.8. The van der Waals surface area contributed by atoms with Gasteiger partial charge in [0.05, 0.1) is 37.9 Å². The number of cyclic esters (lactones) is 1. The molecule has 196 valence electrons. The fourth-order valence-electron chi connectivity index (χ4n) is 4.51. The zero-order chi connectivity index (χ0) is 26.1. The van der Waals surface area contributed by atoms with Gasteiger partial charge in [0, 0.05) is 19.6 Å². The lowest BCUT2D eigenvalue weighted by Crippen LogP contribution is -2.48. The van der Waals surface area contributed by atoms with Crippen molar-refractivity contribution in [2.75, 3.05) is 27.4 Å². The second-order valence-electron chi connectivity index (χ2n) is 9.23. The molecule has 1 N–H and O–H groups in total. The van der Waals surface area contributed by atoms with Crippen LogP contribution in [-0.2, 0) is 32.0 Å². The molecule has 0 aliphatic carbocycles. The molecule has 2 amide bonds. The molecular formula is C28H37NO7. The number of ether oxygens (including phenoxy) is 4. The number of hydrogen-bond donors (Lipinski definition) is 1. The summed E-state index contributed by atoms with van der Waals surface area (Å²) >= 11 is 0. The molecule has 1 saturated heterocycles. The molecule has 0 saturated carbocycles. The van der Waals surface area contributed by atoms with E-state index in [1.165, 1.54) is 0 Å². The largest absolute Gasteiger partial charge is 0.497 e. The molecule has 8 heteroatoms. The summed E-state index contributed by atoms with van der Waals surface area (Å²) in [5, 5.41) is 11.0. The van der Waals surface area contributed by atoms with Crippen molar-refractivity contribution in [2.45, 2.75) is 51.5 Å². The first-order chi connectivity index (χ1) is 17.3. The van der Waals surface area contributed by atoms with E-state index in [1.54, 1.807) is 21.1 Å². The van der Waals surface area contributed by atoms with Crippen LogP contribution in [0.25, 0.3) is 0 Å². The number of aliphatic hydroxyl groups excluding tert-OH is 1. The fourth-order valence-corrected chi connectivity index (χ4v) is 4.51. The van der Waals surface area contributed by atoms with Crippen molar-refractivity contribution in [3.05, 3.63) is 65.7 Å². The molecule has 3 rings (SSSR count). The van der Waals surface area contributed by atoms with Gasteiger partial charge in [0.15, 0.2) is 0 Å². The summed E-state index contributed by atoms with van der Waals surface area (Å²) in [6.45, 7) is 4.51. The summed E-state index contributed by atoms with van der Waals surface area (Å²) in [6, 6.07) is 16.9. The quantitative estimate of drug-likeness (QED) is 0.419. The van der Waals surface area contributed by atoms with Crippen LogP contribution in [0.1, 0.15) is 31.4 Å². The summed E-state index contributed by atoms with van der Waals surface area (Å²) in [6.07, 6.45) is -0.939. The van der Waals surface area contributed by atoms with Gasteiger partial charge < -0.3 is 24.1 Å². The highest BCUT2D eigenvalue weighted by molar-refractivity contribution is 5.95. The molecule has 1 fully saturated rings. The Kier molecular flexibility index (Phi) is 10.3. The van der Waals surface area contributed by atoms with Crippen molar-refractivity contribution >= 4 is 12.0 Å². The minimum Gasteiger partial charge on any atom is -0.497 e. The highest BCUT2D eigenvalue weighted by Crippen LogP contribution is 2.26. The minimum absolute atomic E-state index is 0.143. The Morgan fingerprint density at radius 1 is 1.08 bits per heavy atom. The van der Waals surface area contributed by atoms with Crippen molar-refractivity contribution in [1.29, 1.82) is 0 Å². The van der Waals surface area contributed by atoms with Gasteiger partial charge in [0.1, 0.15) is 12.4 Å². The molecule has 0 radical (unpaired) electrons. The van der Waals surface area contributed by atoms with Crippen LogP contribution in [0.5, 0.6) is 5.75 Å². The first kappa shape index (κ1) is 27.6. The van der Waals surface area contributed by atoms with Gasteiger partial charge in [-0.3, -0.25) is 4.79 Å². The van der Waals surface area contributed by atoms with E-state index in [0.29, 0.717) is 26.1 Å². The van der Waals surface area contributed by atoms with E-state index in [9.17, 15) is 14.7 Å². The summed E-state index contributed by atoms with van der Waals surface area (Å²) in [5.74, 6) is -0.812. The Hall–Kier alpha value is -2.94. The summed E-state index contributed by atoms with van der Waals surface area (Å²) in [5.41, 5.74) is 2.04. The van der Waals surface area contributed by atoms with Gasteiger partial charge in [-0.15, -0.1) is 0 Å². The molecule has 36 heavy (non-hydrogen) atoms. The van der Waals surface area contributed by atoms with E-state index in [-0.39, 0.29) is 18.6 Å². The van der Waals surface area contributed by atoms with Crippen LogP contribution < -0.4 is 4.74 Å². The van der Waals surface area contributed by atoms with E-state index < -0.39 is 30.1 Å². The van der Waals surface area contributed by atoms with E-state index in [2.05, 4.69) is 0 Å². The highest BCUT2D eigenvalue weighted by atomic mass is 16.6. The molecule has 8 nitrogen and oxygen atoms in total. The maximum Gasteiger partial charge on any atom is 0.416 e. The third kappa shape index (κ3) is 7.06. The number of hydrogen-bond acceptors (Lipinski definition) is 7. The molecule has 0 bridgehead atoms. The Bertz CT molecular complexity index is 966. The van der Waals surface area contributed by atoms with Gasteiger partial charge in [0.2, 0.25) is 5.91 Å². The van der Waals surface area contributed by atoms with Gasteiger partial charge >= 0.3 is 6.09 Å². The second kappa shape index (κ2) is 13.4. The summed E-state index contributed by atoms with van der Waals surface area (Å²) < 4.78 is 21.8. The average molecular weight is 500 g/mol. The average Bonchev–Trinajstić information content (AvgIpc) is 3.27. The van der Waals surface area contributed by atoms with E-state index in [0.717, 1.165) is 21.8 Å².